The molecule has 0 heterocycles. The zero-order chi connectivity index (χ0) is 18.0. The van der Waals surface area contributed by atoms with Crippen molar-refractivity contribution in [2.24, 2.45) is 0 Å². The minimum atomic E-state index is -3.98. The van der Waals surface area contributed by atoms with E-state index < -0.39 is 10.1 Å². The minimum Gasteiger partial charge on any atom is -0.493 e. The Hall–Kier alpha value is -2.34. The van der Waals surface area contributed by atoms with E-state index in [2.05, 4.69) is 0 Å². The molecule has 0 aliphatic heterocycles. The molecule has 132 valence electrons. The second-order valence-electron chi connectivity index (χ2n) is 6.10. The lowest BCUT2D eigenvalue weighted by Crippen LogP contribution is -2.12. The van der Waals surface area contributed by atoms with E-state index in [1.165, 1.54) is 37.8 Å². The highest BCUT2D eigenvalue weighted by Gasteiger charge is 2.22. The van der Waals surface area contributed by atoms with Gasteiger partial charge in [0.25, 0.3) is 0 Å². The number of carbonyl (C=O) groups excluding carboxylic acids is 1. The van der Waals surface area contributed by atoms with Crippen molar-refractivity contribution in [3.8, 4) is 11.5 Å². The van der Waals surface area contributed by atoms with Gasteiger partial charge in [0.1, 0.15) is 4.90 Å². The van der Waals surface area contributed by atoms with Gasteiger partial charge in [-0.15, -0.1) is 0 Å². The Bertz CT molecular complexity index is 915. The quantitative estimate of drug-likeness (QED) is 0.602. The number of hydrogen-bond acceptors (Lipinski definition) is 5. The summed E-state index contributed by atoms with van der Waals surface area (Å²) in [6, 6.07) is 9.56. The molecular weight excluding hydrogens is 340 g/mol. The highest BCUT2D eigenvalue weighted by molar-refractivity contribution is 7.87. The molecule has 0 aromatic heterocycles. The predicted octanol–water partition coefficient (Wildman–Crippen LogP) is 3.54. The molecule has 0 atom stereocenters. The normalized spacial score (nSPS) is 13.8. The van der Waals surface area contributed by atoms with E-state index >= 15 is 0 Å². The Morgan fingerprint density at radius 2 is 1.68 bits per heavy atom. The van der Waals surface area contributed by atoms with Crippen LogP contribution in [-0.4, -0.2) is 21.3 Å². The average Bonchev–Trinajstić information content (AvgIpc) is 2.61. The van der Waals surface area contributed by atoms with E-state index in [4.69, 9.17) is 8.92 Å². The van der Waals surface area contributed by atoms with Crippen LogP contribution in [0.25, 0.3) is 0 Å². The number of methoxy groups -OCH3 is 1. The van der Waals surface area contributed by atoms with Gasteiger partial charge in [-0.2, -0.15) is 8.42 Å². The van der Waals surface area contributed by atoms with Crippen molar-refractivity contribution >= 4 is 15.9 Å². The van der Waals surface area contributed by atoms with Crippen molar-refractivity contribution in [1.82, 2.24) is 0 Å². The van der Waals surface area contributed by atoms with E-state index in [0.717, 1.165) is 31.2 Å². The SMILES string of the molecule is COc1cc(C(C)=O)ccc1OS(=O)(=O)c1ccc2c(c1)CCCC2. The third-order valence-corrected chi connectivity index (χ3v) is 5.61. The summed E-state index contributed by atoms with van der Waals surface area (Å²) in [5, 5.41) is 0. The first kappa shape index (κ1) is 17.5. The Morgan fingerprint density at radius 3 is 2.36 bits per heavy atom. The van der Waals surface area contributed by atoms with Gasteiger partial charge in [-0.1, -0.05) is 6.07 Å². The highest BCUT2D eigenvalue weighted by Crippen LogP contribution is 2.32. The molecule has 0 amide bonds. The number of ether oxygens (including phenoxy) is 1. The van der Waals surface area contributed by atoms with Gasteiger partial charge in [0, 0.05) is 5.56 Å². The molecule has 5 nitrogen and oxygen atoms in total. The molecule has 0 bridgehead atoms. The van der Waals surface area contributed by atoms with Crippen LogP contribution in [0, 0.1) is 0 Å². The third-order valence-electron chi connectivity index (χ3n) is 4.38. The summed E-state index contributed by atoms with van der Waals surface area (Å²) >= 11 is 0. The summed E-state index contributed by atoms with van der Waals surface area (Å²) in [5.41, 5.74) is 2.69. The van der Waals surface area contributed by atoms with Crippen molar-refractivity contribution in [3.05, 3.63) is 53.1 Å². The summed E-state index contributed by atoms with van der Waals surface area (Å²) in [4.78, 5) is 11.6. The van der Waals surface area contributed by atoms with Crippen molar-refractivity contribution in [2.75, 3.05) is 7.11 Å². The van der Waals surface area contributed by atoms with Gasteiger partial charge in [0.15, 0.2) is 17.3 Å². The first-order valence-electron chi connectivity index (χ1n) is 8.16. The third kappa shape index (κ3) is 3.69. The molecule has 0 N–H and O–H groups in total. The van der Waals surface area contributed by atoms with Crippen LogP contribution in [0.3, 0.4) is 0 Å². The Balaban J connectivity index is 1.93. The first-order valence-corrected chi connectivity index (χ1v) is 9.57. The van der Waals surface area contributed by atoms with Gasteiger partial charge < -0.3 is 8.92 Å². The molecule has 2 aromatic rings. The molecule has 0 spiro atoms. The number of ketones is 1. The number of hydrogen-bond donors (Lipinski definition) is 0. The minimum absolute atomic E-state index is 0.0604. The number of carbonyl (C=O) groups is 1. The lowest BCUT2D eigenvalue weighted by molar-refractivity contribution is 0.101. The van der Waals surface area contributed by atoms with Crippen LogP contribution in [0.2, 0.25) is 0 Å². The molecular formula is C19H20O5S. The van der Waals surface area contributed by atoms with Crippen LogP contribution in [0.4, 0.5) is 0 Å². The second-order valence-corrected chi connectivity index (χ2v) is 7.64. The van der Waals surface area contributed by atoms with Crippen LogP contribution in [0.5, 0.6) is 11.5 Å². The summed E-state index contributed by atoms with van der Waals surface area (Å²) in [6.07, 6.45) is 4.07. The fourth-order valence-corrected chi connectivity index (χ4v) is 3.98. The van der Waals surface area contributed by atoms with Crippen molar-refractivity contribution in [3.63, 3.8) is 0 Å². The highest BCUT2D eigenvalue weighted by atomic mass is 32.2. The topological polar surface area (TPSA) is 69.7 Å². The van der Waals surface area contributed by atoms with Gasteiger partial charge in [-0.3, -0.25) is 4.79 Å². The Kier molecular flexibility index (Phi) is 4.81. The lowest BCUT2D eigenvalue weighted by Gasteiger charge is -2.17. The number of benzene rings is 2. The molecule has 3 rings (SSSR count). The van der Waals surface area contributed by atoms with Crippen LogP contribution < -0.4 is 8.92 Å². The number of aryl methyl sites for hydroxylation is 2. The fourth-order valence-electron chi connectivity index (χ4n) is 2.99. The van der Waals surface area contributed by atoms with Crippen molar-refractivity contribution in [2.45, 2.75) is 37.5 Å². The van der Waals surface area contributed by atoms with E-state index in [9.17, 15) is 13.2 Å². The molecule has 1 aliphatic rings. The Labute approximate surface area is 147 Å². The molecule has 0 fully saturated rings. The van der Waals surface area contributed by atoms with Crippen molar-refractivity contribution in [1.29, 1.82) is 0 Å². The van der Waals surface area contributed by atoms with Gasteiger partial charge in [-0.25, -0.2) is 0 Å². The van der Waals surface area contributed by atoms with Gasteiger partial charge in [0.2, 0.25) is 0 Å². The monoisotopic (exact) mass is 360 g/mol. The molecule has 0 saturated carbocycles. The van der Waals surface area contributed by atoms with Crippen molar-refractivity contribution < 1.29 is 22.1 Å². The summed E-state index contributed by atoms with van der Waals surface area (Å²) < 4.78 is 35.7. The second kappa shape index (κ2) is 6.88. The Morgan fingerprint density at radius 1 is 0.960 bits per heavy atom. The summed E-state index contributed by atoms with van der Waals surface area (Å²) in [7, 11) is -2.58. The molecule has 0 unspecified atom stereocenters. The van der Waals surface area contributed by atoms with Crippen LogP contribution in [-0.2, 0) is 23.0 Å². The molecule has 25 heavy (non-hydrogen) atoms. The number of Topliss-reactive ketones (excluding diaryl/α,β-unsaturated/α-hetero) is 1. The van der Waals surface area contributed by atoms with Crippen LogP contribution in [0.15, 0.2) is 41.3 Å². The lowest BCUT2D eigenvalue weighted by atomic mass is 9.92. The average molecular weight is 360 g/mol. The van der Waals surface area contributed by atoms with Crippen LogP contribution in [0.1, 0.15) is 41.3 Å². The zero-order valence-electron chi connectivity index (χ0n) is 14.2. The smallest absolute Gasteiger partial charge is 0.339 e. The fraction of sp³-hybridized carbons (Fsp3) is 0.316. The van der Waals surface area contributed by atoms with Crippen LogP contribution >= 0.6 is 0 Å². The number of fused-ring (bicyclic) bond motifs is 1. The van der Waals surface area contributed by atoms with Gasteiger partial charge in [-0.05, 0) is 74.1 Å². The summed E-state index contributed by atoms with van der Waals surface area (Å²) in [5.74, 6) is 0.127. The van der Waals surface area contributed by atoms with E-state index in [-0.39, 0.29) is 22.2 Å². The van der Waals surface area contributed by atoms with E-state index in [1.54, 1.807) is 12.1 Å². The molecule has 6 heteroatoms. The standard InChI is InChI=1S/C19H20O5S/c1-13(20)15-8-10-18(19(12-15)23-2)24-25(21,22)17-9-7-14-5-3-4-6-16(14)11-17/h7-12H,3-6H2,1-2H3. The maximum Gasteiger partial charge on any atom is 0.339 e. The van der Waals surface area contributed by atoms with E-state index in [0.29, 0.717) is 5.56 Å². The molecule has 2 aromatic carbocycles. The first-order chi connectivity index (χ1) is 11.9. The van der Waals surface area contributed by atoms with Gasteiger partial charge >= 0.3 is 10.1 Å². The molecule has 0 radical (unpaired) electrons. The molecule has 0 saturated heterocycles. The molecule has 1 aliphatic carbocycles. The summed E-state index contributed by atoms with van der Waals surface area (Å²) in [6.45, 7) is 1.43. The zero-order valence-corrected chi connectivity index (χ0v) is 15.1. The van der Waals surface area contributed by atoms with Gasteiger partial charge in [0.05, 0.1) is 7.11 Å². The maximum atomic E-state index is 12.6. The predicted molar refractivity (Wildman–Crippen MR) is 93.9 cm³/mol. The number of rotatable bonds is 5. The maximum absolute atomic E-state index is 12.6. The largest absolute Gasteiger partial charge is 0.493 e. The van der Waals surface area contributed by atoms with E-state index in [1.807, 2.05) is 6.07 Å².